The van der Waals surface area contributed by atoms with Crippen LogP contribution in [0, 0.1) is 5.92 Å². The van der Waals surface area contributed by atoms with Crippen molar-refractivity contribution in [1.29, 1.82) is 0 Å². The van der Waals surface area contributed by atoms with Crippen molar-refractivity contribution in [2.75, 3.05) is 26.2 Å². The van der Waals surface area contributed by atoms with Crippen LogP contribution in [-0.4, -0.2) is 53.9 Å². The minimum Gasteiger partial charge on any atom is -0.396 e. The summed E-state index contributed by atoms with van der Waals surface area (Å²) in [7, 11) is -1.57. The fourth-order valence-corrected chi connectivity index (χ4v) is 3.58. The fourth-order valence-electron chi connectivity index (χ4n) is 2.35. The number of piperidine rings is 1. The monoisotopic (exact) mass is 302 g/mol. The Kier molecular flexibility index (Phi) is 5.14. The van der Waals surface area contributed by atoms with Gasteiger partial charge in [-0.25, -0.2) is 4.72 Å². The van der Waals surface area contributed by atoms with Gasteiger partial charge >= 0.3 is 0 Å². The second kappa shape index (κ2) is 6.66. The van der Waals surface area contributed by atoms with Crippen molar-refractivity contribution in [3.63, 3.8) is 0 Å². The number of nitrogens with zero attached hydrogens (tertiary/aromatic N) is 3. The van der Waals surface area contributed by atoms with Crippen LogP contribution < -0.4 is 4.72 Å². The molecule has 1 fully saturated rings. The van der Waals surface area contributed by atoms with Crippen LogP contribution in [0.25, 0.3) is 0 Å². The maximum absolute atomic E-state index is 12.1. The van der Waals surface area contributed by atoms with E-state index in [1.165, 1.54) is 4.31 Å². The number of hydrogen-bond donors (Lipinski definition) is 2. The largest absolute Gasteiger partial charge is 0.396 e. The van der Waals surface area contributed by atoms with Crippen molar-refractivity contribution in [3.05, 3.63) is 18.0 Å². The van der Waals surface area contributed by atoms with Crippen molar-refractivity contribution in [2.45, 2.75) is 19.3 Å². The van der Waals surface area contributed by atoms with Gasteiger partial charge in [-0.15, -0.1) is 0 Å². The Bertz CT molecular complexity index is 521. The number of aryl methyl sites for hydroxylation is 1. The summed E-state index contributed by atoms with van der Waals surface area (Å²) >= 11 is 0. The van der Waals surface area contributed by atoms with Gasteiger partial charge in [-0.2, -0.15) is 17.8 Å². The Morgan fingerprint density at radius 1 is 1.45 bits per heavy atom. The molecule has 114 valence electrons. The molecule has 0 spiro atoms. The highest BCUT2D eigenvalue weighted by atomic mass is 32.2. The molecule has 1 saturated heterocycles. The molecule has 2 rings (SSSR count). The summed E-state index contributed by atoms with van der Waals surface area (Å²) in [4.78, 5) is 0. The SMILES string of the molecule is Cn1cc(CCNS(=O)(=O)N2CCC(CO)CC2)cn1. The summed E-state index contributed by atoms with van der Waals surface area (Å²) in [5.74, 6) is 0.233. The summed E-state index contributed by atoms with van der Waals surface area (Å²) < 4.78 is 30.0. The Balaban J connectivity index is 1.79. The quantitative estimate of drug-likeness (QED) is 0.742. The predicted octanol–water partition coefficient (Wildman–Crippen LogP) is -0.499. The lowest BCUT2D eigenvalue weighted by molar-refractivity contribution is 0.169. The van der Waals surface area contributed by atoms with Gasteiger partial charge in [0, 0.05) is 39.5 Å². The molecule has 0 saturated carbocycles. The molecule has 1 aromatic heterocycles. The van der Waals surface area contributed by atoms with Gasteiger partial charge in [0.2, 0.25) is 0 Å². The van der Waals surface area contributed by atoms with Gasteiger partial charge < -0.3 is 5.11 Å². The minimum absolute atomic E-state index is 0.141. The summed E-state index contributed by atoms with van der Waals surface area (Å²) in [6.07, 6.45) is 5.68. The number of hydrogen-bond acceptors (Lipinski definition) is 4. The van der Waals surface area contributed by atoms with Gasteiger partial charge in [-0.3, -0.25) is 4.68 Å². The summed E-state index contributed by atoms with van der Waals surface area (Å²) in [6, 6.07) is 0. The van der Waals surface area contributed by atoms with Crippen LogP contribution in [0.2, 0.25) is 0 Å². The van der Waals surface area contributed by atoms with Gasteiger partial charge in [-0.05, 0) is 30.7 Å². The number of nitrogens with one attached hydrogen (secondary N) is 1. The first kappa shape index (κ1) is 15.4. The first-order valence-corrected chi connectivity index (χ1v) is 8.28. The average molecular weight is 302 g/mol. The van der Waals surface area contributed by atoms with Crippen molar-refractivity contribution < 1.29 is 13.5 Å². The highest BCUT2D eigenvalue weighted by Gasteiger charge is 2.27. The third-order valence-corrected chi connectivity index (χ3v) is 5.24. The van der Waals surface area contributed by atoms with Crippen LogP contribution in [0.15, 0.2) is 12.4 Å². The molecule has 1 aliphatic heterocycles. The summed E-state index contributed by atoms with van der Waals surface area (Å²) in [6.45, 7) is 1.47. The van der Waals surface area contributed by atoms with E-state index < -0.39 is 10.2 Å². The molecule has 0 aromatic carbocycles. The lowest BCUT2D eigenvalue weighted by atomic mass is 10.00. The Morgan fingerprint density at radius 3 is 2.70 bits per heavy atom. The van der Waals surface area contributed by atoms with E-state index in [0.717, 1.165) is 18.4 Å². The van der Waals surface area contributed by atoms with Crippen LogP contribution in [-0.2, 0) is 23.7 Å². The van der Waals surface area contributed by atoms with Crippen molar-refractivity contribution in [2.24, 2.45) is 13.0 Å². The molecule has 0 atom stereocenters. The third-order valence-electron chi connectivity index (χ3n) is 3.63. The van der Waals surface area contributed by atoms with Gasteiger partial charge in [-0.1, -0.05) is 0 Å². The van der Waals surface area contributed by atoms with E-state index in [9.17, 15) is 8.42 Å². The minimum atomic E-state index is -3.40. The smallest absolute Gasteiger partial charge is 0.279 e. The van der Waals surface area contributed by atoms with Gasteiger partial charge in [0.25, 0.3) is 10.2 Å². The first-order chi connectivity index (χ1) is 9.51. The zero-order valence-electron chi connectivity index (χ0n) is 11.7. The van der Waals surface area contributed by atoms with Crippen LogP contribution in [0.5, 0.6) is 0 Å². The molecule has 0 unspecified atom stereocenters. The molecule has 1 aromatic rings. The standard InChI is InChI=1S/C12H22N4O3S/c1-15-9-12(8-13-15)2-5-14-20(18,19)16-6-3-11(10-17)4-7-16/h8-9,11,14,17H,2-7,10H2,1H3. The molecular weight excluding hydrogens is 280 g/mol. The Morgan fingerprint density at radius 2 is 2.15 bits per heavy atom. The highest BCUT2D eigenvalue weighted by molar-refractivity contribution is 7.87. The van der Waals surface area contributed by atoms with E-state index in [-0.39, 0.29) is 12.5 Å². The van der Waals surface area contributed by atoms with Gasteiger partial charge in [0.15, 0.2) is 0 Å². The van der Waals surface area contributed by atoms with Crippen LogP contribution in [0.4, 0.5) is 0 Å². The van der Waals surface area contributed by atoms with E-state index in [2.05, 4.69) is 9.82 Å². The molecular formula is C12H22N4O3S. The maximum atomic E-state index is 12.1. The zero-order valence-corrected chi connectivity index (χ0v) is 12.5. The number of rotatable bonds is 6. The molecule has 7 nitrogen and oxygen atoms in total. The van der Waals surface area contributed by atoms with E-state index in [4.69, 9.17) is 5.11 Å². The molecule has 2 heterocycles. The second-order valence-electron chi connectivity index (χ2n) is 5.20. The topological polar surface area (TPSA) is 87.5 Å². The highest BCUT2D eigenvalue weighted by Crippen LogP contribution is 2.18. The Labute approximate surface area is 119 Å². The van der Waals surface area contributed by atoms with Crippen LogP contribution >= 0.6 is 0 Å². The maximum Gasteiger partial charge on any atom is 0.279 e. The van der Waals surface area contributed by atoms with E-state index in [1.54, 1.807) is 10.9 Å². The molecule has 0 aliphatic carbocycles. The molecule has 8 heteroatoms. The molecule has 0 amide bonds. The van der Waals surface area contributed by atoms with Crippen molar-refractivity contribution >= 4 is 10.2 Å². The number of aliphatic hydroxyl groups excluding tert-OH is 1. The lowest BCUT2D eigenvalue weighted by Gasteiger charge is -2.30. The first-order valence-electron chi connectivity index (χ1n) is 6.84. The third kappa shape index (κ3) is 4.02. The second-order valence-corrected chi connectivity index (χ2v) is 6.95. The van der Waals surface area contributed by atoms with Gasteiger partial charge in [0.1, 0.15) is 0 Å². The number of aliphatic hydroxyl groups is 1. The molecule has 20 heavy (non-hydrogen) atoms. The number of aromatic nitrogens is 2. The normalized spacial score (nSPS) is 18.5. The van der Waals surface area contributed by atoms with Crippen LogP contribution in [0.3, 0.4) is 0 Å². The van der Waals surface area contributed by atoms with Crippen molar-refractivity contribution in [1.82, 2.24) is 18.8 Å². The summed E-state index contributed by atoms with van der Waals surface area (Å²) in [5, 5.41) is 13.1. The Hall–Kier alpha value is -0.960. The van der Waals surface area contributed by atoms with E-state index >= 15 is 0 Å². The van der Waals surface area contributed by atoms with E-state index in [0.29, 0.717) is 26.1 Å². The van der Waals surface area contributed by atoms with Crippen LogP contribution in [0.1, 0.15) is 18.4 Å². The fraction of sp³-hybridized carbons (Fsp3) is 0.750. The van der Waals surface area contributed by atoms with E-state index in [1.807, 2.05) is 13.2 Å². The summed E-state index contributed by atoms with van der Waals surface area (Å²) in [5.41, 5.74) is 1.01. The molecule has 0 radical (unpaired) electrons. The lowest BCUT2D eigenvalue weighted by Crippen LogP contribution is -2.45. The van der Waals surface area contributed by atoms with Crippen molar-refractivity contribution in [3.8, 4) is 0 Å². The molecule has 1 aliphatic rings. The average Bonchev–Trinajstić information content (AvgIpc) is 2.84. The van der Waals surface area contributed by atoms with Gasteiger partial charge in [0.05, 0.1) is 6.20 Å². The zero-order chi connectivity index (χ0) is 14.6. The predicted molar refractivity (Wildman–Crippen MR) is 75.2 cm³/mol. The molecule has 0 bridgehead atoms. The molecule has 2 N–H and O–H groups in total.